The number of benzene rings is 2. The number of halogens is 3. The third-order valence-electron chi connectivity index (χ3n) is 2.52. The highest BCUT2D eigenvalue weighted by atomic mass is 35.5. The summed E-state index contributed by atoms with van der Waals surface area (Å²) in [6.45, 7) is 1.34. The van der Waals surface area contributed by atoms with E-state index in [1.165, 1.54) is 25.1 Å². The van der Waals surface area contributed by atoms with Crippen LogP contribution in [0.1, 0.15) is 17.3 Å². The lowest BCUT2D eigenvalue weighted by Crippen LogP contribution is -1.96. The Balaban J connectivity index is 2.42. The molecule has 2 N–H and O–H groups in total. The lowest BCUT2D eigenvalue weighted by atomic mass is 10.1. The van der Waals surface area contributed by atoms with Gasteiger partial charge < -0.3 is 10.5 Å². The first-order chi connectivity index (χ1) is 9.36. The van der Waals surface area contributed by atoms with E-state index in [2.05, 4.69) is 0 Å². The molecule has 0 spiro atoms. The van der Waals surface area contributed by atoms with Crippen molar-refractivity contribution in [2.24, 2.45) is 0 Å². The first-order valence-electron chi connectivity index (χ1n) is 5.60. The molecule has 104 valence electrons. The Hall–Kier alpha value is -1.78. The molecule has 2 aromatic carbocycles. The number of nitrogen functional groups attached to an aromatic ring is 1. The van der Waals surface area contributed by atoms with Crippen LogP contribution in [0, 0.1) is 5.82 Å². The molecule has 0 heterocycles. The SMILES string of the molecule is CC(=O)c1cc(F)cc(Oc2c(Cl)cc(N)cc2Cl)c1. The van der Waals surface area contributed by atoms with Crippen molar-refractivity contribution in [1.82, 2.24) is 0 Å². The van der Waals surface area contributed by atoms with E-state index < -0.39 is 5.82 Å². The number of anilines is 1. The lowest BCUT2D eigenvalue weighted by molar-refractivity contribution is 0.101. The van der Waals surface area contributed by atoms with Crippen LogP contribution in [0.15, 0.2) is 30.3 Å². The summed E-state index contributed by atoms with van der Waals surface area (Å²) in [5.74, 6) is -0.578. The minimum atomic E-state index is -0.588. The molecule has 0 saturated heterocycles. The number of hydrogen-bond acceptors (Lipinski definition) is 3. The quantitative estimate of drug-likeness (QED) is 0.659. The zero-order chi connectivity index (χ0) is 14.9. The van der Waals surface area contributed by atoms with Gasteiger partial charge in [-0.1, -0.05) is 23.2 Å². The molecule has 0 atom stereocenters. The molecule has 0 saturated carbocycles. The van der Waals surface area contributed by atoms with Crippen LogP contribution in [0.2, 0.25) is 10.0 Å². The van der Waals surface area contributed by atoms with E-state index in [4.69, 9.17) is 33.7 Å². The van der Waals surface area contributed by atoms with E-state index in [9.17, 15) is 9.18 Å². The van der Waals surface area contributed by atoms with E-state index >= 15 is 0 Å². The molecule has 0 aliphatic heterocycles. The summed E-state index contributed by atoms with van der Waals surface area (Å²) in [5.41, 5.74) is 6.16. The van der Waals surface area contributed by atoms with Crippen LogP contribution in [-0.4, -0.2) is 5.78 Å². The molecular weight excluding hydrogens is 304 g/mol. The molecule has 0 aromatic heterocycles. The maximum atomic E-state index is 13.4. The van der Waals surface area contributed by atoms with E-state index in [-0.39, 0.29) is 32.9 Å². The van der Waals surface area contributed by atoms with Crippen molar-refractivity contribution in [1.29, 1.82) is 0 Å². The number of carbonyl (C=O) groups is 1. The molecular formula is C14H10Cl2FNO2. The maximum absolute atomic E-state index is 13.4. The largest absolute Gasteiger partial charge is 0.454 e. The molecule has 0 bridgehead atoms. The van der Waals surface area contributed by atoms with Crippen LogP contribution in [0.3, 0.4) is 0 Å². The second-order valence-corrected chi connectivity index (χ2v) is 4.96. The van der Waals surface area contributed by atoms with Crippen LogP contribution in [-0.2, 0) is 0 Å². The summed E-state index contributed by atoms with van der Waals surface area (Å²) in [5, 5.41) is 0.396. The summed E-state index contributed by atoms with van der Waals surface area (Å²) < 4.78 is 18.9. The summed E-state index contributed by atoms with van der Waals surface area (Å²) >= 11 is 12.0. The number of carbonyl (C=O) groups excluding carboxylic acids is 1. The summed E-state index contributed by atoms with van der Waals surface area (Å²) in [6, 6.07) is 6.60. The number of nitrogens with two attached hydrogens (primary N) is 1. The second kappa shape index (κ2) is 5.69. The first kappa shape index (κ1) is 14.6. The van der Waals surface area contributed by atoms with Crippen molar-refractivity contribution < 1.29 is 13.9 Å². The van der Waals surface area contributed by atoms with Gasteiger partial charge in [-0.25, -0.2) is 4.39 Å². The van der Waals surface area contributed by atoms with Crippen molar-refractivity contribution in [2.45, 2.75) is 6.92 Å². The van der Waals surface area contributed by atoms with Crippen molar-refractivity contribution in [2.75, 3.05) is 5.73 Å². The fraction of sp³-hybridized carbons (Fsp3) is 0.0714. The van der Waals surface area contributed by atoms with Gasteiger partial charge in [-0.05, 0) is 31.2 Å². The van der Waals surface area contributed by atoms with Crippen LogP contribution in [0.5, 0.6) is 11.5 Å². The smallest absolute Gasteiger partial charge is 0.164 e. The topological polar surface area (TPSA) is 52.3 Å². The van der Waals surface area contributed by atoms with Gasteiger partial charge in [0.05, 0.1) is 10.0 Å². The number of Topliss-reactive ketones (excluding diaryl/α,β-unsaturated/α-hetero) is 1. The predicted octanol–water partition coefficient (Wildman–Crippen LogP) is 4.71. The van der Waals surface area contributed by atoms with Crippen LogP contribution in [0.4, 0.5) is 10.1 Å². The molecule has 2 aromatic rings. The zero-order valence-electron chi connectivity index (χ0n) is 10.4. The van der Waals surface area contributed by atoms with Gasteiger partial charge in [-0.15, -0.1) is 0 Å². The monoisotopic (exact) mass is 313 g/mol. The average molecular weight is 314 g/mol. The Morgan fingerprint density at radius 2 is 1.75 bits per heavy atom. The molecule has 0 amide bonds. The highest BCUT2D eigenvalue weighted by molar-refractivity contribution is 6.37. The van der Waals surface area contributed by atoms with Gasteiger partial charge in [0.25, 0.3) is 0 Å². The van der Waals surface area contributed by atoms with Gasteiger partial charge in [0.15, 0.2) is 11.5 Å². The Bertz CT molecular complexity index is 666. The first-order valence-corrected chi connectivity index (χ1v) is 6.36. The van der Waals surface area contributed by atoms with E-state index in [0.29, 0.717) is 5.69 Å². The average Bonchev–Trinajstić information content (AvgIpc) is 2.33. The molecule has 3 nitrogen and oxygen atoms in total. The molecule has 0 aliphatic carbocycles. The molecule has 20 heavy (non-hydrogen) atoms. The molecule has 0 aliphatic rings. The fourth-order valence-electron chi connectivity index (χ4n) is 1.62. The fourth-order valence-corrected chi connectivity index (χ4v) is 2.20. The van der Waals surface area contributed by atoms with Crippen LogP contribution < -0.4 is 10.5 Å². The Morgan fingerprint density at radius 1 is 1.15 bits per heavy atom. The van der Waals surface area contributed by atoms with Gasteiger partial charge in [0.2, 0.25) is 0 Å². The summed E-state index contributed by atoms with van der Waals surface area (Å²) in [7, 11) is 0. The third kappa shape index (κ3) is 3.21. The minimum absolute atomic E-state index is 0.128. The van der Waals surface area contributed by atoms with Crippen molar-refractivity contribution in [3.05, 3.63) is 51.8 Å². The van der Waals surface area contributed by atoms with Crippen molar-refractivity contribution in [3.63, 3.8) is 0 Å². The maximum Gasteiger partial charge on any atom is 0.164 e. The lowest BCUT2D eigenvalue weighted by Gasteiger charge is -2.11. The third-order valence-corrected chi connectivity index (χ3v) is 3.08. The van der Waals surface area contributed by atoms with Crippen LogP contribution in [0.25, 0.3) is 0 Å². The zero-order valence-corrected chi connectivity index (χ0v) is 11.9. The molecule has 0 unspecified atom stereocenters. The summed E-state index contributed by atoms with van der Waals surface area (Å²) in [6.07, 6.45) is 0. The van der Waals surface area contributed by atoms with E-state index in [1.807, 2.05) is 0 Å². The van der Waals surface area contributed by atoms with E-state index in [1.54, 1.807) is 0 Å². The van der Waals surface area contributed by atoms with Gasteiger partial charge in [0.1, 0.15) is 11.6 Å². The number of rotatable bonds is 3. The van der Waals surface area contributed by atoms with Gasteiger partial charge in [-0.3, -0.25) is 4.79 Å². The van der Waals surface area contributed by atoms with Gasteiger partial charge in [-0.2, -0.15) is 0 Å². The number of hydrogen-bond donors (Lipinski definition) is 1. The number of ketones is 1. The van der Waals surface area contributed by atoms with E-state index in [0.717, 1.165) is 12.1 Å². The molecule has 2 rings (SSSR count). The predicted molar refractivity (Wildman–Crippen MR) is 77.4 cm³/mol. The van der Waals surface area contributed by atoms with Crippen molar-refractivity contribution in [3.8, 4) is 11.5 Å². The standard InChI is InChI=1S/C14H10Cl2FNO2/c1-7(19)8-2-9(17)4-11(3-8)20-14-12(15)5-10(18)6-13(14)16/h2-6H,18H2,1H3. The Morgan fingerprint density at radius 3 is 2.30 bits per heavy atom. The van der Waals surface area contributed by atoms with Gasteiger partial charge in [0, 0.05) is 17.3 Å². The van der Waals surface area contributed by atoms with Crippen LogP contribution >= 0.6 is 23.2 Å². The van der Waals surface area contributed by atoms with Crippen molar-refractivity contribution >= 4 is 34.7 Å². The highest BCUT2D eigenvalue weighted by Gasteiger charge is 2.12. The minimum Gasteiger partial charge on any atom is -0.454 e. The second-order valence-electron chi connectivity index (χ2n) is 4.15. The Kier molecular flexibility index (Phi) is 4.16. The molecule has 0 fully saturated rings. The molecule has 6 heteroatoms. The van der Waals surface area contributed by atoms with Gasteiger partial charge >= 0.3 is 0 Å². The molecule has 0 radical (unpaired) electrons. The summed E-state index contributed by atoms with van der Waals surface area (Å²) in [4.78, 5) is 11.3. The number of ether oxygens (including phenoxy) is 1. The Labute approximate surface area is 125 Å². The normalized spacial score (nSPS) is 10.4. The highest BCUT2D eigenvalue weighted by Crippen LogP contribution is 2.38.